The van der Waals surface area contributed by atoms with Gasteiger partial charge in [-0.3, -0.25) is 4.90 Å². The molecule has 0 radical (unpaired) electrons. The first-order chi connectivity index (χ1) is 14.4. The molecule has 5 rings (SSSR count). The van der Waals surface area contributed by atoms with Crippen molar-refractivity contribution < 1.29 is 4.74 Å². The predicted octanol–water partition coefficient (Wildman–Crippen LogP) is 4.74. The molecule has 1 N–H and O–H groups in total. The zero-order valence-corrected chi connectivity index (χ0v) is 18.9. The van der Waals surface area contributed by atoms with E-state index in [9.17, 15) is 0 Å². The molecule has 30 heavy (non-hydrogen) atoms. The van der Waals surface area contributed by atoms with E-state index in [4.69, 9.17) is 4.74 Å². The predicted molar refractivity (Wildman–Crippen MR) is 123 cm³/mol. The van der Waals surface area contributed by atoms with Crippen LogP contribution in [0.2, 0.25) is 0 Å². The molecule has 2 aliphatic heterocycles. The summed E-state index contributed by atoms with van der Waals surface area (Å²) in [4.78, 5) is 2.73. The minimum Gasteiger partial charge on any atom is -0.484 e. The Kier molecular flexibility index (Phi) is 5.15. The molecule has 0 aromatic heterocycles. The first-order valence-electron chi connectivity index (χ1n) is 11.8. The van der Waals surface area contributed by atoms with E-state index in [2.05, 4.69) is 80.4 Å². The highest BCUT2D eigenvalue weighted by Crippen LogP contribution is 2.43. The summed E-state index contributed by atoms with van der Waals surface area (Å²) in [5.41, 5.74) is 5.62. The Morgan fingerprint density at radius 3 is 2.47 bits per heavy atom. The van der Waals surface area contributed by atoms with E-state index < -0.39 is 0 Å². The highest BCUT2D eigenvalue weighted by atomic mass is 16.5. The fraction of sp³-hybridized carbons (Fsp3) is 0.556. The maximum atomic E-state index is 6.95. The molecule has 3 aliphatic rings. The summed E-state index contributed by atoms with van der Waals surface area (Å²) in [6.45, 7) is 13.9. The number of likely N-dealkylation sites (tertiary alicyclic amines) is 1. The number of ether oxygens (including phenoxy) is 1. The summed E-state index contributed by atoms with van der Waals surface area (Å²) in [5, 5.41) is 3.58. The van der Waals surface area contributed by atoms with Crippen LogP contribution in [0.15, 0.2) is 42.5 Å². The van der Waals surface area contributed by atoms with Crippen molar-refractivity contribution in [3.05, 3.63) is 64.7 Å². The van der Waals surface area contributed by atoms with Gasteiger partial charge in [0.15, 0.2) is 0 Å². The van der Waals surface area contributed by atoms with E-state index >= 15 is 0 Å². The standard InChI is InChI=1S/C27H36N2O/c1-5-18-10-11-25(23(12-18)27(2,3)4)30-26-22-9-7-6-8-19(22)13-24(26)29-16-20-14-28-15-21(20)17-29/h6-12,20-21,24,26,28H,5,13-17H2,1-4H3/t20-,21+,24-,26-/m1/s1. The molecule has 0 spiro atoms. The third-order valence-corrected chi connectivity index (χ3v) is 7.54. The van der Waals surface area contributed by atoms with Crippen LogP contribution in [-0.4, -0.2) is 37.1 Å². The van der Waals surface area contributed by atoms with Crippen molar-refractivity contribution in [2.75, 3.05) is 26.2 Å². The van der Waals surface area contributed by atoms with E-state index in [0.29, 0.717) is 6.04 Å². The lowest BCUT2D eigenvalue weighted by Crippen LogP contribution is -2.40. The van der Waals surface area contributed by atoms with Gasteiger partial charge in [0.25, 0.3) is 0 Å². The van der Waals surface area contributed by atoms with Crippen LogP contribution in [0, 0.1) is 11.8 Å². The molecule has 0 amide bonds. The Labute approximate surface area is 181 Å². The van der Waals surface area contributed by atoms with Crippen molar-refractivity contribution >= 4 is 0 Å². The van der Waals surface area contributed by atoms with E-state index in [-0.39, 0.29) is 11.5 Å². The Bertz CT molecular complexity index is 903. The minimum absolute atomic E-state index is 0.0600. The molecule has 2 heterocycles. The second-order valence-corrected chi connectivity index (χ2v) is 10.6. The number of hydrogen-bond donors (Lipinski definition) is 1. The van der Waals surface area contributed by atoms with Crippen molar-refractivity contribution in [1.82, 2.24) is 10.2 Å². The number of nitrogens with one attached hydrogen (secondary N) is 1. The van der Waals surface area contributed by atoms with Gasteiger partial charge < -0.3 is 10.1 Å². The van der Waals surface area contributed by atoms with E-state index in [1.165, 1.54) is 48.4 Å². The number of fused-ring (bicyclic) bond motifs is 2. The molecule has 2 fully saturated rings. The monoisotopic (exact) mass is 404 g/mol. The molecule has 4 atom stereocenters. The summed E-state index contributed by atoms with van der Waals surface area (Å²) in [5.74, 6) is 2.68. The van der Waals surface area contributed by atoms with Gasteiger partial charge in [0, 0.05) is 13.1 Å². The average Bonchev–Trinajstić information content (AvgIpc) is 3.41. The van der Waals surface area contributed by atoms with Gasteiger partial charge in [-0.2, -0.15) is 0 Å². The maximum absolute atomic E-state index is 6.95. The molecule has 0 saturated carbocycles. The third kappa shape index (κ3) is 3.56. The Balaban J connectivity index is 1.48. The molecule has 2 aromatic rings. The number of benzene rings is 2. The van der Waals surface area contributed by atoms with Crippen molar-refractivity contribution in [2.24, 2.45) is 11.8 Å². The molecule has 160 valence electrons. The van der Waals surface area contributed by atoms with Gasteiger partial charge >= 0.3 is 0 Å². The third-order valence-electron chi connectivity index (χ3n) is 7.54. The van der Waals surface area contributed by atoms with Crippen LogP contribution in [0.1, 0.15) is 56.1 Å². The SMILES string of the molecule is CCc1ccc(O[C@@H]2c3ccccc3C[C@H]2N2C[C@H]3CNC[C@H]3C2)c(C(C)(C)C)c1. The highest BCUT2D eigenvalue weighted by molar-refractivity contribution is 5.44. The molecule has 2 saturated heterocycles. The van der Waals surface area contributed by atoms with Crippen molar-refractivity contribution in [2.45, 2.75) is 58.1 Å². The molecule has 0 bridgehead atoms. The summed E-state index contributed by atoms with van der Waals surface area (Å²) < 4.78 is 6.95. The largest absolute Gasteiger partial charge is 0.484 e. The van der Waals surface area contributed by atoms with Crippen LogP contribution in [0.4, 0.5) is 0 Å². The Morgan fingerprint density at radius 2 is 1.77 bits per heavy atom. The van der Waals surface area contributed by atoms with Crippen molar-refractivity contribution in [3.8, 4) is 5.75 Å². The molecule has 0 unspecified atom stereocenters. The van der Waals surface area contributed by atoms with Crippen LogP contribution in [0.5, 0.6) is 5.75 Å². The maximum Gasteiger partial charge on any atom is 0.140 e. The van der Waals surface area contributed by atoms with Crippen molar-refractivity contribution in [3.63, 3.8) is 0 Å². The van der Waals surface area contributed by atoms with Crippen LogP contribution in [0.25, 0.3) is 0 Å². The Morgan fingerprint density at radius 1 is 1.03 bits per heavy atom. The van der Waals surface area contributed by atoms with Crippen molar-refractivity contribution in [1.29, 1.82) is 0 Å². The van der Waals surface area contributed by atoms with Gasteiger partial charge in [-0.1, -0.05) is 64.1 Å². The van der Waals surface area contributed by atoms with Gasteiger partial charge in [-0.25, -0.2) is 0 Å². The van der Waals surface area contributed by atoms with Gasteiger partial charge in [0.05, 0.1) is 6.04 Å². The fourth-order valence-corrected chi connectivity index (χ4v) is 5.79. The minimum atomic E-state index is 0.0600. The van der Waals surface area contributed by atoms with Gasteiger partial charge in [0.1, 0.15) is 11.9 Å². The number of hydrogen-bond acceptors (Lipinski definition) is 3. The Hall–Kier alpha value is -1.84. The van der Waals surface area contributed by atoms with Crippen LogP contribution < -0.4 is 10.1 Å². The van der Waals surface area contributed by atoms with Gasteiger partial charge in [0.2, 0.25) is 0 Å². The van der Waals surface area contributed by atoms with E-state index in [1.807, 2.05) is 0 Å². The highest BCUT2D eigenvalue weighted by Gasteiger charge is 2.45. The normalized spacial score (nSPS) is 28.5. The molecule has 1 aliphatic carbocycles. The number of nitrogens with zero attached hydrogens (tertiary/aromatic N) is 1. The summed E-state index contributed by atoms with van der Waals surface area (Å²) in [6, 6.07) is 16.2. The molecule has 2 aromatic carbocycles. The summed E-state index contributed by atoms with van der Waals surface area (Å²) >= 11 is 0. The van der Waals surface area contributed by atoms with Gasteiger partial charge in [-0.05, 0) is 71.5 Å². The summed E-state index contributed by atoms with van der Waals surface area (Å²) in [6.07, 6.45) is 2.27. The fourth-order valence-electron chi connectivity index (χ4n) is 5.79. The second-order valence-electron chi connectivity index (χ2n) is 10.6. The molecule has 3 heteroatoms. The topological polar surface area (TPSA) is 24.5 Å². The number of rotatable bonds is 4. The van der Waals surface area contributed by atoms with Gasteiger partial charge in [-0.15, -0.1) is 0 Å². The number of aryl methyl sites for hydroxylation is 1. The summed E-state index contributed by atoms with van der Waals surface area (Å²) in [7, 11) is 0. The first kappa shape index (κ1) is 20.1. The van der Waals surface area contributed by atoms with Crippen LogP contribution in [-0.2, 0) is 18.3 Å². The van der Waals surface area contributed by atoms with Crippen LogP contribution in [0.3, 0.4) is 0 Å². The molecular formula is C27H36N2O. The lowest BCUT2D eigenvalue weighted by atomic mass is 9.85. The van der Waals surface area contributed by atoms with Crippen LogP contribution >= 0.6 is 0 Å². The molecular weight excluding hydrogens is 368 g/mol. The van der Waals surface area contributed by atoms with E-state index in [0.717, 1.165) is 30.4 Å². The lowest BCUT2D eigenvalue weighted by molar-refractivity contribution is 0.0874. The quantitative estimate of drug-likeness (QED) is 0.796. The molecule has 3 nitrogen and oxygen atoms in total. The zero-order chi connectivity index (χ0) is 20.9. The lowest BCUT2D eigenvalue weighted by Gasteiger charge is -2.33. The second kappa shape index (κ2) is 7.69. The van der Waals surface area contributed by atoms with E-state index in [1.54, 1.807) is 0 Å². The average molecular weight is 405 g/mol. The first-order valence-corrected chi connectivity index (χ1v) is 11.8. The smallest absolute Gasteiger partial charge is 0.140 e. The zero-order valence-electron chi connectivity index (χ0n) is 18.9.